The smallest absolute Gasteiger partial charge is 0.265 e. The Morgan fingerprint density at radius 2 is 1.85 bits per heavy atom. The van der Waals surface area contributed by atoms with E-state index < -0.39 is 37.4 Å². The van der Waals surface area contributed by atoms with Crippen molar-refractivity contribution >= 4 is 19.9 Å². The van der Waals surface area contributed by atoms with Crippen molar-refractivity contribution < 1.29 is 23.3 Å². The van der Waals surface area contributed by atoms with Gasteiger partial charge in [-0.05, 0) is 40.5 Å². The molecule has 2 aliphatic carbocycles. The molecule has 0 aliphatic heterocycles. The molecule has 1 aromatic carbocycles. The Labute approximate surface area is 194 Å². The van der Waals surface area contributed by atoms with E-state index in [1.54, 1.807) is 6.08 Å². The largest absolute Gasteiger partial charge is 0.470 e. The fourth-order valence-electron chi connectivity index (χ4n) is 4.16. The van der Waals surface area contributed by atoms with Gasteiger partial charge in [0.15, 0.2) is 25.5 Å². The molecule has 2 aliphatic rings. The predicted molar refractivity (Wildman–Crippen MR) is 126 cm³/mol. The molecule has 0 amide bonds. The molecule has 2 aromatic rings. The lowest BCUT2D eigenvalue weighted by molar-refractivity contribution is -0.131. The molecule has 4 rings (SSSR count). The Kier molecular flexibility index (Phi) is 5.59. The number of ether oxygens (including phenoxy) is 1. The molecule has 0 spiro atoms. The van der Waals surface area contributed by atoms with Gasteiger partial charge in [-0.25, -0.2) is 0 Å². The molecular formula is C25H30N2O5Si. The molecular weight excluding hydrogens is 436 g/mol. The first kappa shape index (κ1) is 23.3. The molecule has 7 nitrogen and oxygen atoms in total. The average Bonchev–Trinajstić information content (AvgIpc) is 3.17. The first-order valence-electron chi connectivity index (χ1n) is 11.0. The Hall–Kier alpha value is -2.81. The molecule has 0 saturated carbocycles. The van der Waals surface area contributed by atoms with E-state index in [2.05, 4.69) is 32.5 Å². The number of rotatable bonds is 5. The molecule has 3 atom stereocenters. The average molecular weight is 467 g/mol. The maximum Gasteiger partial charge on any atom is 0.265 e. The molecule has 0 saturated heterocycles. The van der Waals surface area contributed by atoms with Crippen LogP contribution < -0.4 is 10.5 Å². The van der Waals surface area contributed by atoms with E-state index in [9.17, 15) is 9.59 Å². The zero-order valence-electron chi connectivity index (χ0n) is 19.7. The highest BCUT2D eigenvalue weighted by Gasteiger charge is 2.65. The van der Waals surface area contributed by atoms with E-state index in [1.165, 1.54) is 6.08 Å². The van der Waals surface area contributed by atoms with Crippen molar-refractivity contribution in [1.82, 2.24) is 5.16 Å². The number of benzene rings is 1. The Balaban J connectivity index is 1.82. The van der Waals surface area contributed by atoms with Crippen LogP contribution in [0.5, 0.6) is 5.88 Å². The second kappa shape index (κ2) is 7.90. The summed E-state index contributed by atoms with van der Waals surface area (Å²) < 4.78 is 18.0. The van der Waals surface area contributed by atoms with Crippen LogP contribution in [0, 0.1) is 5.92 Å². The van der Waals surface area contributed by atoms with Crippen LogP contribution >= 0.6 is 0 Å². The number of carbonyl (C=O) groups excluding carboxylic acids is 2. The number of Topliss-reactive ketones (excluding diaryl/α,β-unsaturated/α-hetero) is 1. The fourth-order valence-corrected chi connectivity index (χ4v) is 5.59. The first-order chi connectivity index (χ1) is 15.4. The zero-order chi connectivity index (χ0) is 24.2. The normalized spacial score (nSPS) is 25.1. The number of nitrogens with two attached hydrogens (primary N) is 1. The van der Waals surface area contributed by atoms with Gasteiger partial charge in [-0.15, -0.1) is 0 Å². The third-order valence-corrected chi connectivity index (χ3v) is 11.5. The molecule has 8 heteroatoms. The summed E-state index contributed by atoms with van der Waals surface area (Å²) in [6.07, 6.45) is 2.96. The van der Waals surface area contributed by atoms with Crippen molar-refractivity contribution in [2.75, 3.05) is 0 Å². The second-order valence-corrected chi connectivity index (χ2v) is 14.9. The zero-order valence-corrected chi connectivity index (χ0v) is 20.7. The van der Waals surface area contributed by atoms with Gasteiger partial charge in [0.2, 0.25) is 5.78 Å². The Morgan fingerprint density at radius 3 is 2.48 bits per heavy atom. The molecule has 1 unspecified atom stereocenters. The summed E-state index contributed by atoms with van der Waals surface area (Å²) in [5.41, 5.74) is 6.29. The SMILES string of the molecule is C=C1C=CC(=O)C2(O[Si](C)(C)C(C)(C)C)C(=O)c3c(OCc4ccccc4)noc3[C@@H](N)[C@H]12. The minimum atomic E-state index is -2.61. The summed E-state index contributed by atoms with van der Waals surface area (Å²) in [6, 6.07) is 8.65. The van der Waals surface area contributed by atoms with Crippen molar-refractivity contribution in [2.24, 2.45) is 11.7 Å². The summed E-state index contributed by atoms with van der Waals surface area (Å²) in [5.74, 6) is -1.57. The standard InChI is InChI=1S/C25H30N2O5Si/c1-15-12-13-17(28)25(32-33(5,6)24(2,3)4)19(15)20(26)21-18(22(25)29)23(27-31-21)30-14-16-10-8-7-9-11-16/h7-13,19-20H,1,14,26H2,2-6H3/t19-,20-,25?/m0/s1. The Bertz CT molecular complexity index is 1150. The summed E-state index contributed by atoms with van der Waals surface area (Å²) >= 11 is 0. The lowest BCUT2D eigenvalue weighted by Crippen LogP contribution is -2.66. The molecule has 0 fully saturated rings. The quantitative estimate of drug-likeness (QED) is 0.510. The molecule has 33 heavy (non-hydrogen) atoms. The van der Waals surface area contributed by atoms with Crippen molar-refractivity contribution in [3.05, 3.63) is 71.5 Å². The lowest BCUT2D eigenvalue weighted by atomic mass is 9.64. The van der Waals surface area contributed by atoms with Crippen molar-refractivity contribution in [2.45, 2.75) is 57.2 Å². The topological polar surface area (TPSA) is 105 Å². The van der Waals surface area contributed by atoms with Crippen LogP contribution in [0.1, 0.15) is 48.5 Å². The third kappa shape index (κ3) is 3.62. The van der Waals surface area contributed by atoms with Gasteiger partial charge >= 0.3 is 0 Å². The maximum absolute atomic E-state index is 14.1. The van der Waals surface area contributed by atoms with Crippen LogP contribution in [0.3, 0.4) is 0 Å². The molecule has 1 aromatic heterocycles. The summed E-state index contributed by atoms with van der Waals surface area (Å²) in [7, 11) is -2.61. The van der Waals surface area contributed by atoms with Crippen LogP contribution in [0.15, 0.2) is 59.2 Å². The van der Waals surface area contributed by atoms with Gasteiger partial charge in [0.05, 0.1) is 6.04 Å². The molecule has 174 valence electrons. The van der Waals surface area contributed by atoms with Crippen LogP contribution in [0.4, 0.5) is 0 Å². The van der Waals surface area contributed by atoms with Crippen molar-refractivity contribution in [3.63, 3.8) is 0 Å². The molecule has 2 N–H and O–H groups in total. The van der Waals surface area contributed by atoms with Crippen LogP contribution in [-0.4, -0.2) is 30.6 Å². The fraction of sp³-hybridized carbons (Fsp3) is 0.400. The molecule has 0 bridgehead atoms. The van der Waals surface area contributed by atoms with E-state index in [-0.39, 0.29) is 28.8 Å². The van der Waals surface area contributed by atoms with Crippen molar-refractivity contribution in [1.29, 1.82) is 0 Å². The highest BCUT2D eigenvalue weighted by molar-refractivity contribution is 6.74. The Morgan fingerprint density at radius 1 is 1.18 bits per heavy atom. The van der Waals surface area contributed by atoms with Gasteiger partial charge in [-0.1, -0.05) is 63.8 Å². The highest BCUT2D eigenvalue weighted by atomic mass is 28.4. The number of allylic oxidation sites excluding steroid dienone is 1. The van der Waals surface area contributed by atoms with E-state index in [0.29, 0.717) is 5.57 Å². The number of fused-ring (bicyclic) bond motifs is 2. The number of hydrogen-bond acceptors (Lipinski definition) is 7. The van der Waals surface area contributed by atoms with Gasteiger partial charge in [0, 0.05) is 5.92 Å². The summed E-state index contributed by atoms with van der Waals surface area (Å²) in [5, 5.41) is 3.75. The maximum atomic E-state index is 14.1. The van der Waals surface area contributed by atoms with Gasteiger partial charge in [0.1, 0.15) is 12.2 Å². The molecule has 1 heterocycles. The van der Waals surface area contributed by atoms with Gasteiger partial charge in [0.25, 0.3) is 5.88 Å². The number of carbonyl (C=O) groups is 2. The number of hydrogen-bond donors (Lipinski definition) is 1. The highest BCUT2D eigenvalue weighted by Crippen LogP contribution is 2.52. The number of aromatic nitrogens is 1. The minimum Gasteiger partial charge on any atom is -0.470 e. The van der Waals surface area contributed by atoms with Crippen LogP contribution in [-0.2, 0) is 15.8 Å². The lowest BCUT2D eigenvalue weighted by Gasteiger charge is -2.50. The van der Waals surface area contributed by atoms with Gasteiger partial charge < -0.3 is 19.4 Å². The van der Waals surface area contributed by atoms with Gasteiger partial charge in [-0.2, -0.15) is 0 Å². The monoisotopic (exact) mass is 466 g/mol. The predicted octanol–water partition coefficient (Wildman–Crippen LogP) is 4.52. The van der Waals surface area contributed by atoms with Crippen LogP contribution in [0.25, 0.3) is 0 Å². The molecule has 0 radical (unpaired) electrons. The number of ketones is 2. The van der Waals surface area contributed by atoms with Crippen molar-refractivity contribution in [3.8, 4) is 5.88 Å². The van der Waals surface area contributed by atoms with E-state index in [1.807, 2.05) is 43.4 Å². The van der Waals surface area contributed by atoms with Gasteiger partial charge in [-0.3, -0.25) is 9.59 Å². The van der Waals surface area contributed by atoms with E-state index >= 15 is 0 Å². The third-order valence-electron chi connectivity index (χ3n) is 7.01. The van der Waals surface area contributed by atoms with Crippen LogP contribution in [0.2, 0.25) is 18.1 Å². The second-order valence-electron chi connectivity index (χ2n) is 10.2. The minimum absolute atomic E-state index is 0.0129. The number of nitrogens with zero attached hydrogens (tertiary/aromatic N) is 1. The summed E-state index contributed by atoms with van der Waals surface area (Å²) in [4.78, 5) is 27.6. The van der Waals surface area contributed by atoms with E-state index in [0.717, 1.165) is 5.56 Å². The first-order valence-corrected chi connectivity index (χ1v) is 13.9. The van der Waals surface area contributed by atoms with E-state index in [4.69, 9.17) is 19.4 Å². The summed E-state index contributed by atoms with van der Waals surface area (Å²) in [6.45, 7) is 14.4.